The molecule has 19 heavy (non-hydrogen) atoms. The van der Waals surface area contributed by atoms with Crippen LogP contribution in [-0.4, -0.2) is 0 Å². The molecule has 0 bridgehead atoms. The number of benzene rings is 2. The lowest BCUT2D eigenvalue weighted by atomic mass is 10.0. The largest absolute Gasteiger partial charge is 0.306 e. The van der Waals surface area contributed by atoms with Gasteiger partial charge in [0.05, 0.1) is 0 Å². The van der Waals surface area contributed by atoms with E-state index in [9.17, 15) is 0 Å². The van der Waals surface area contributed by atoms with Crippen LogP contribution < -0.4 is 5.32 Å². The maximum absolute atomic E-state index is 5.89. The minimum Gasteiger partial charge on any atom is -0.306 e. The number of rotatable bonds is 5. The Hall–Kier alpha value is -1.31. The SMILES string of the molecule is CCC(NCc1ccc(Cl)cc1)c1ccc(C)cc1. The molecule has 0 aliphatic rings. The van der Waals surface area contributed by atoms with Gasteiger partial charge in [-0.25, -0.2) is 0 Å². The lowest BCUT2D eigenvalue weighted by molar-refractivity contribution is 0.519. The Bertz CT molecular complexity index is 502. The zero-order valence-corrected chi connectivity index (χ0v) is 12.2. The van der Waals surface area contributed by atoms with Gasteiger partial charge in [0, 0.05) is 17.6 Å². The molecule has 1 atom stereocenters. The molecule has 0 radical (unpaired) electrons. The molecule has 0 amide bonds. The van der Waals surface area contributed by atoms with Gasteiger partial charge in [-0.1, -0.05) is 60.5 Å². The van der Waals surface area contributed by atoms with E-state index in [1.165, 1.54) is 16.7 Å². The van der Waals surface area contributed by atoms with Crippen molar-refractivity contribution in [1.82, 2.24) is 5.32 Å². The monoisotopic (exact) mass is 273 g/mol. The van der Waals surface area contributed by atoms with Crippen LogP contribution in [0.15, 0.2) is 48.5 Å². The first-order valence-electron chi connectivity index (χ1n) is 6.73. The topological polar surface area (TPSA) is 12.0 Å². The molecule has 100 valence electrons. The fourth-order valence-electron chi connectivity index (χ4n) is 2.14. The molecule has 1 N–H and O–H groups in total. The average Bonchev–Trinajstić information content (AvgIpc) is 2.43. The third-order valence-electron chi connectivity index (χ3n) is 3.35. The van der Waals surface area contributed by atoms with E-state index in [0.29, 0.717) is 6.04 Å². The first-order valence-corrected chi connectivity index (χ1v) is 7.11. The molecule has 0 aromatic heterocycles. The summed E-state index contributed by atoms with van der Waals surface area (Å²) in [5.41, 5.74) is 3.91. The Labute approximate surface area is 120 Å². The summed E-state index contributed by atoms with van der Waals surface area (Å²) in [6.07, 6.45) is 1.08. The molecule has 0 spiro atoms. The summed E-state index contributed by atoms with van der Waals surface area (Å²) in [5.74, 6) is 0. The highest BCUT2D eigenvalue weighted by atomic mass is 35.5. The van der Waals surface area contributed by atoms with Gasteiger partial charge in [-0.2, -0.15) is 0 Å². The summed E-state index contributed by atoms with van der Waals surface area (Å²) < 4.78 is 0. The highest BCUT2D eigenvalue weighted by Gasteiger charge is 2.08. The number of halogens is 1. The normalized spacial score (nSPS) is 12.4. The molecule has 2 rings (SSSR count). The number of nitrogens with one attached hydrogen (secondary N) is 1. The van der Waals surface area contributed by atoms with Gasteiger partial charge in [0.1, 0.15) is 0 Å². The Balaban J connectivity index is 1.99. The minimum absolute atomic E-state index is 0.399. The van der Waals surface area contributed by atoms with Crippen molar-refractivity contribution in [3.05, 3.63) is 70.2 Å². The van der Waals surface area contributed by atoms with Crippen LogP contribution in [0.3, 0.4) is 0 Å². The Morgan fingerprint density at radius 1 is 1.00 bits per heavy atom. The zero-order valence-electron chi connectivity index (χ0n) is 11.5. The summed E-state index contributed by atoms with van der Waals surface area (Å²) in [7, 11) is 0. The van der Waals surface area contributed by atoms with Crippen LogP contribution in [0, 0.1) is 6.92 Å². The van der Waals surface area contributed by atoms with Crippen molar-refractivity contribution in [2.45, 2.75) is 32.9 Å². The molecular weight excluding hydrogens is 254 g/mol. The van der Waals surface area contributed by atoms with Crippen LogP contribution in [0.25, 0.3) is 0 Å². The highest BCUT2D eigenvalue weighted by Crippen LogP contribution is 2.18. The van der Waals surface area contributed by atoms with Crippen molar-refractivity contribution in [2.24, 2.45) is 0 Å². The van der Waals surface area contributed by atoms with Crippen molar-refractivity contribution in [3.8, 4) is 0 Å². The van der Waals surface area contributed by atoms with Gasteiger partial charge in [-0.3, -0.25) is 0 Å². The molecule has 0 fully saturated rings. The van der Waals surface area contributed by atoms with E-state index in [1.54, 1.807) is 0 Å². The molecule has 0 aliphatic heterocycles. The van der Waals surface area contributed by atoms with E-state index < -0.39 is 0 Å². The molecular formula is C17H20ClN. The average molecular weight is 274 g/mol. The second-order valence-electron chi connectivity index (χ2n) is 4.88. The first-order chi connectivity index (χ1) is 9.19. The van der Waals surface area contributed by atoms with Gasteiger partial charge < -0.3 is 5.32 Å². The maximum Gasteiger partial charge on any atom is 0.0406 e. The molecule has 0 saturated heterocycles. The number of hydrogen-bond acceptors (Lipinski definition) is 1. The van der Waals surface area contributed by atoms with Crippen LogP contribution >= 0.6 is 11.6 Å². The van der Waals surface area contributed by atoms with E-state index in [1.807, 2.05) is 12.1 Å². The van der Waals surface area contributed by atoms with Crippen LogP contribution in [0.1, 0.15) is 36.1 Å². The van der Waals surface area contributed by atoms with E-state index >= 15 is 0 Å². The summed E-state index contributed by atoms with van der Waals surface area (Å²) in [5, 5.41) is 4.38. The van der Waals surface area contributed by atoms with E-state index in [-0.39, 0.29) is 0 Å². The number of aryl methyl sites for hydroxylation is 1. The Kier molecular flexibility index (Phi) is 5.00. The van der Waals surface area contributed by atoms with Crippen LogP contribution in [0.4, 0.5) is 0 Å². The third-order valence-corrected chi connectivity index (χ3v) is 3.61. The van der Waals surface area contributed by atoms with Crippen LogP contribution in [0.5, 0.6) is 0 Å². The van der Waals surface area contributed by atoms with Crippen molar-refractivity contribution in [1.29, 1.82) is 0 Å². The lowest BCUT2D eigenvalue weighted by Gasteiger charge is -2.18. The van der Waals surface area contributed by atoms with Gasteiger partial charge in [0.2, 0.25) is 0 Å². The van der Waals surface area contributed by atoms with Gasteiger partial charge in [-0.15, -0.1) is 0 Å². The lowest BCUT2D eigenvalue weighted by Crippen LogP contribution is -2.20. The van der Waals surface area contributed by atoms with Gasteiger partial charge in [0.15, 0.2) is 0 Å². The van der Waals surface area contributed by atoms with Crippen molar-refractivity contribution in [3.63, 3.8) is 0 Å². The summed E-state index contributed by atoms with van der Waals surface area (Å²) in [6.45, 7) is 5.19. The molecule has 0 saturated carbocycles. The fraction of sp³-hybridized carbons (Fsp3) is 0.294. The van der Waals surface area contributed by atoms with Crippen molar-refractivity contribution in [2.75, 3.05) is 0 Å². The molecule has 2 aromatic carbocycles. The summed E-state index contributed by atoms with van der Waals surface area (Å²) in [6, 6.07) is 17.2. The van der Waals surface area contributed by atoms with Crippen molar-refractivity contribution < 1.29 is 0 Å². The van der Waals surface area contributed by atoms with Crippen LogP contribution in [0.2, 0.25) is 5.02 Å². The Morgan fingerprint density at radius 2 is 1.63 bits per heavy atom. The fourth-order valence-corrected chi connectivity index (χ4v) is 2.27. The van der Waals surface area contributed by atoms with E-state index in [4.69, 9.17) is 11.6 Å². The highest BCUT2D eigenvalue weighted by molar-refractivity contribution is 6.30. The minimum atomic E-state index is 0.399. The van der Waals surface area contributed by atoms with Crippen molar-refractivity contribution >= 4 is 11.6 Å². The quantitative estimate of drug-likeness (QED) is 0.818. The standard InChI is InChI=1S/C17H20ClN/c1-3-17(15-8-4-13(2)5-9-15)19-12-14-6-10-16(18)11-7-14/h4-11,17,19H,3,12H2,1-2H3. The zero-order chi connectivity index (χ0) is 13.7. The number of hydrogen-bond donors (Lipinski definition) is 1. The molecule has 0 aliphatic carbocycles. The smallest absolute Gasteiger partial charge is 0.0406 e. The predicted octanol–water partition coefficient (Wildman–Crippen LogP) is 4.89. The van der Waals surface area contributed by atoms with Crippen LogP contribution in [-0.2, 0) is 6.54 Å². The summed E-state index contributed by atoms with van der Waals surface area (Å²) in [4.78, 5) is 0. The first kappa shape index (κ1) is 14.1. The maximum atomic E-state index is 5.89. The predicted molar refractivity (Wildman–Crippen MR) is 82.5 cm³/mol. The second kappa shape index (κ2) is 6.74. The van der Waals surface area contributed by atoms with E-state index in [0.717, 1.165) is 18.0 Å². The van der Waals surface area contributed by atoms with Gasteiger partial charge >= 0.3 is 0 Å². The molecule has 1 unspecified atom stereocenters. The molecule has 2 heteroatoms. The second-order valence-corrected chi connectivity index (χ2v) is 5.32. The van der Waals surface area contributed by atoms with Gasteiger partial charge in [-0.05, 0) is 36.6 Å². The third kappa shape index (κ3) is 4.09. The molecule has 0 heterocycles. The molecule has 1 nitrogen and oxygen atoms in total. The molecule has 2 aromatic rings. The van der Waals surface area contributed by atoms with Gasteiger partial charge in [0.25, 0.3) is 0 Å². The Morgan fingerprint density at radius 3 is 2.21 bits per heavy atom. The van der Waals surface area contributed by atoms with E-state index in [2.05, 4.69) is 55.6 Å². The summed E-state index contributed by atoms with van der Waals surface area (Å²) >= 11 is 5.89.